The molecule has 0 fully saturated rings. The van der Waals surface area contributed by atoms with Crippen molar-refractivity contribution in [3.63, 3.8) is 0 Å². The van der Waals surface area contributed by atoms with Gasteiger partial charge in [0.1, 0.15) is 4.83 Å². The fraction of sp³-hybridized carbons (Fsp3) is 0.182. The van der Waals surface area contributed by atoms with Crippen LogP contribution in [0, 0.1) is 6.92 Å². The van der Waals surface area contributed by atoms with E-state index in [0.717, 1.165) is 21.5 Å². The molecule has 1 amide bonds. The summed E-state index contributed by atoms with van der Waals surface area (Å²) in [5.41, 5.74) is 2.62. The van der Waals surface area contributed by atoms with E-state index in [2.05, 4.69) is 15.1 Å². The highest BCUT2D eigenvalue weighted by Gasteiger charge is 2.17. The first-order valence-corrected chi connectivity index (χ1v) is 12.5. The van der Waals surface area contributed by atoms with Crippen LogP contribution < -0.4 is 10.0 Å². The van der Waals surface area contributed by atoms with E-state index in [1.165, 1.54) is 24.5 Å². The number of halogens is 1. The highest BCUT2D eigenvalue weighted by Crippen LogP contribution is 2.29. The molecule has 0 aliphatic carbocycles. The minimum Gasteiger partial charge on any atom is -0.347 e. The molecule has 0 bridgehead atoms. The molecule has 0 radical (unpaired) electrons. The second-order valence-electron chi connectivity index (χ2n) is 7.24. The molecule has 2 aromatic heterocycles. The Balaban J connectivity index is 1.51. The lowest BCUT2D eigenvalue weighted by Crippen LogP contribution is -2.22. The van der Waals surface area contributed by atoms with Gasteiger partial charge in [0.2, 0.25) is 10.0 Å². The molecule has 4 aromatic rings. The van der Waals surface area contributed by atoms with Gasteiger partial charge in [-0.15, -0.1) is 11.3 Å². The fourth-order valence-corrected chi connectivity index (χ4v) is 5.31. The summed E-state index contributed by atoms with van der Waals surface area (Å²) in [5.74, 6) is -0.217. The molecule has 4 rings (SSSR count). The van der Waals surface area contributed by atoms with Crippen LogP contribution in [0.15, 0.2) is 59.5 Å². The van der Waals surface area contributed by atoms with Gasteiger partial charge in [-0.05, 0) is 55.4 Å². The second-order valence-corrected chi connectivity index (χ2v) is 10.6. The summed E-state index contributed by atoms with van der Waals surface area (Å²) in [4.78, 5) is 14.4. The molecule has 166 valence electrons. The van der Waals surface area contributed by atoms with Gasteiger partial charge in [0.25, 0.3) is 5.91 Å². The minimum atomic E-state index is -3.54. The molecule has 0 unspecified atom stereocenters. The van der Waals surface area contributed by atoms with Crippen molar-refractivity contribution < 1.29 is 13.2 Å². The molecule has 0 saturated heterocycles. The normalized spacial score (nSPS) is 11.7. The Morgan fingerprint density at radius 2 is 1.88 bits per heavy atom. The molecule has 2 heterocycles. The van der Waals surface area contributed by atoms with Crippen LogP contribution in [0.3, 0.4) is 0 Å². The number of hydrogen-bond donors (Lipinski definition) is 2. The lowest BCUT2D eigenvalue weighted by molar-refractivity contribution is 0.0955. The molecule has 0 spiro atoms. The summed E-state index contributed by atoms with van der Waals surface area (Å²) in [6, 6.07) is 15.9. The van der Waals surface area contributed by atoms with Crippen LogP contribution in [-0.2, 0) is 23.1 Å². The Hall–Kier alpha value is -2.72. The highest BCUT2D eigenvalue weighted by molar-refractivity contribution is 7.89. The maximum Gasteiger partial charge on any atom is 0.261 e. The molecule has 10 heteroatoms. The number of carbonyl (C=O) groups is 1. The summed E-state index contributed by atoms with van der Waals surface area (Å²) in [7, 11) is -2.17. The third-order valence-corrected chi connectivity index (χ3v) is 7.82. The molecular formula is C22H21ClN4O3S2. The molecule has 0 aliphatic rings. The predicted molar refractivity (Wildman–Crippen MR) is 127 cm³/mol. The smallest absolute Gasteiger partial charge is 0.261 e. The third kappa shape index (κ3) is 4.71. The van der Waals surface area contributed by atoms with Gasteiger partial charge in [0, 0.05) is 17.0 Å². The van der Waals surface area contributed by atoms with E-state index in [-0.39, 0.29) is 17.3 Å². The van der Waals surface area contributed by atoms with Crippen LogP contribution in [0.2, 0.25) is 5.02 Å². The number of rotatable bonds is 7. The Bertz CT molecular complexity index is 1390. The number of fused-ring (bicyclic) bond motifs is 1. The van der Waals surface area contributed by atoms with Crippen molar-refractivity contribution in [1.82, 2.24) is 19.8 Å². The number of sulfonamides is 1. The molecule has 2 aromatic carbocycles. The van der Waals surface area contributed by atoms with Crippen molar-refractivity contribution in [2.45, 2.75) is 24.9 Å². The highest BCUT2D eigenvalue weighted by atomic mass is 35.5. The van der Waals surface area contributed by atoms with Crippen molar-refractivity contribution in [3.8, 4) is 0 Å². The van der Waals surface area contributed by atoms with Crippen LogP contribution in [0.4, 0.5) is 0 Å². The number of thiophene rings is 1. The number of aryl methyl sites for hydroxylation is 1. The van der Waals surface area contributed by atoms with Crippen molar-refractivity contribution >= 4 is 49.1 Å². The molecule has 2 N–H and O–H groups in total. The van der Waals surface area contributed by atoms with Gasteiger partial charge in [0.15, 0.2) is 0 Å². The van der Waals surface area contributed by atoms with Gasteiger partial charge >= 0.3 is 0 Å². The van der Waals surface area contributed by atoms with E-state index >= 15 is 0 Å². The first kappa shape index (κ1) is 22.5. The lowest BCUT2D eigenvalue weighted by Gasteiger charge is -2.07. The van der Waals surface area contributed by atoms with Crippen molar-refractivity contribution in [2.75, 3.05) is 7.05 Å². The molecule has 0 aliphatic heterocycles. The van der Waals surface area contributed by atoms with Crippen LogP contribution in [0.5, 0.6) is 0 Å². The van der Waals surface area contributed by atoms with E-state index in [1.807, 2.05) is 41.9 Å². The van der Waals surface area contributed by atoms with Crippen LogP contribution >= 0.6 is 22.9 Å². The maximum atomic E-state index is 12.8. The molecule has 7 nitrogen and oxygen atoms in total. The van der Waals surface area contributed by atoms with Gasteiger partial charge in [0.05, 0.1) is 22.0 Å². The zero-order valence-corrected chi connectivity index (χ0v) is 19.8. The fourth-order valence-electron chi connectivity index (χ4n) is 3.30. The molecular weight excluding hydrogens is 468 g/mol. The van der Waals surface area contributed by atoms with Crippen molar-refractivity contribution in [3.05, 3.63) is 81.3 Å². The van der Waals surface area contributed by atoms with Gasteiger partial charge in [-0.2, -0.15) is 5.10 Å². The lowest BCUT2D eigenvalue weighted by atomic mass is 10.2. The van der Waals surface area contributed by atoms with E-state index in [4.69, 9.17) is 11.6 Å². The monoisotopic (exact) mass is 488 g/mol. The Morgan fingerprint density at radius 3 is 2.59 bits per heavy atom. The number of carbonyl (C=O) groups excluding carboxylic acids is 1. The Labute approximate surface area is 195 Å². The van der Waals surface area contributed by atoms with Gasteiger partial charge < -0.3 is 5.32 Å². The average molecular weight is 489 g/mol. The number of amides is 1. The predicted octanol–water partition coefficient (Wildman–Crippen LogP) is 3.95. The maximum absolute atomic E-state index is 12.8. The zero-order chi connectivity index (χ0) is 22.9. The Morgan fingerprint density at radius 1 is 1.12 bits per heavy atom. The van der Waals surface area contributed by atoms with Gasteiger partial charge in [-0.1, -0.05) is 35.9 Å². The number of hydrogen-bond acceptors (Lipinski definition) is 5. The number of benzene rings is 2. The molecule has 0 atom stereocenters. The van der Waals surface area contributed by atoms with Crippen molar-refractivity contribution in [2.24, 2.45) is 0 Å². The van der Waals surface area contributed by atoms with E-state index in [9.17, 15) is 13.2 Å². The van der Waals surface area contributed by atoms with Gasteiger partial charge in [-0.25, -0.2) is 13.1 Å². The van der Waals surface area contributed by atoms with E-state index in [0.29, 0.717) is 22.0 Å². The number of nitrogens with one attached hydrogen (secondary N) is 2. The Kier molecular flexibility index (Phi) is 6.34. The quantitative estimate of drug-likeness (QED) is 0.412. The standard InChI is InChI=1S/C22H21ClN4O3S2/c1-14-19-11-20(31-22(19)27(26-14)13-15-6-8-17(23)9-7-15)21(28)25-12-16-4-3-5-18(10-16)32(29,30)24-2/h3-11,24H,12-13H2,1-2H3,(H,25,28). The van der Waals surface area contributed by atoms with E-state index in [1.54, 1.807) is 18.2 Å². The SMILES string of the molecule is CNS(=O)(=O)c1cccc(CNC(=O)c2cc3c(C)nn(Cc4ccc(Cl)cc4)c3s2)c1. The molecule has 0 saturated carbocycles. The first-order chi connectivity index (χ1) is 15.3. The zero-order valence-electron chi connectivity index (χ0n) is 17.4. The summed E-state index contributed by atoms with van der Waals surface area (Å²) >= 11 is 7.34. The third-order valence-electron chi connectivity index (χ3n) is 5.01. The van der Waals surface area contributed by atoms with Crippen LogP contribution in [-0.4, -0.2) is 31.2 Å². The second kappa shape index (κ2) is 9.03. The van der Waals surface area contributed by atoms with E-state index < -0.39 is 10.0 Å². The first-order valence-electron chi connectivity index (χ1n) is 9.79. The summed E-state index contributed by atoms with van der Waals surface area (Å²) < 4.78 is 28.1. The molecule has 32 heavy (non-hydrogen) atoms. The largest absolute Gasteiger partial charge is 0.347 e. The minimum absolute atomic E-state index is 0.159. The topological polar surface area (TPSA) is 93.1 Å². The summed E-state index contributed by atoms with van der Waals surface area (Å²) in [6.45, 7) is 2.72. The van der Waals surface area contributed by atoms with Gasteiger partial charge in [-0.3, -0.25) is 9.48 Å². The summed E-state index contributed by atoms with van der Waals surface area (Å²) in [5, 5.41) is 9.09. The average Bonchev–Trinajstić information content (AvgIpc) is 3.35. The van der Waals surface area contributed by atoms with Crippen LogP contribution in [0.1, 0.15) is 26.5 Å². The number of aromatic nitrogens is 2. The van der Waals surface area contributed by atoms with Crippen LogP contribution in [0.25, 0.3) is 10.2 Å². The number of nitrogens with zero attached hydrogens (tertiary/aromatic N) is 2. The van der Waals surface area contributed by atoms with Crippen molar-refractivity contribution in [1.29, 1.82) is 0 Å². The summed E-state index contributed by atoms with van der Waals surface area (Å²) in [6.07, 6.45) is 0.